The third-order valence-electron chi connectivity index (χ3n) is 1.29. The van der Waals surface area contributed by atoms with E-state index in [2.05, 4.69) is 0 Å². The van der Waals surface area contributed by atoms with Gasteiger partial charge in [-0.1, -0.05) is 6.92 Å². The zero-order valence-corrected chi connectivity index (χ0v) is 6.73. The Morgan fingerprint density at radius 1 is 1.60 bits per heavy atom. The summed E-state index contributed by atoms with van der Waals surface area (Å²) in [5.41, 5.74) is 0. The normalized spacial score (nSPS) is 14.2. The van der Waals surface area contributed by atoms with Gasteiger partial charge in [0.1, 0.15) is 0 Å². The van der Waals surface area contributed by atoms with E-state index in [1.807, 2.05) is 0 Å². The molecule has 0 saturated heterocycles. The van der Waals surface area contributed by atoms with Gasteiger partial charge in [-0.3, -0.25) is 4.79 Å². The van der Waals surface area contributed by atoms with Crippen molar-refractivity contribution in [2.24, 2.45) is 0 Å². The standard InChI is InChI=1S/C5H10NO3S/c1-3-5(2)10(8,9)6-4-7/h5H,3H2,1-2H3,(H,6,7). The molecule has 0 rings (SSSR count). The summed E-state index contributed by atoms with van der Waals surface area (Å²) >= 11 is 0. The summed E-state index contributed by atoms with van der Waals surface area (Å²) in [4.78, 5) is 9.63. The van der Waals surface area contributed by atoms with E-state index in [9.17, 15) is 13.2 Å². The van der Waals surface area contributed by atoms with E-state index in [0.717, 1.165) is 6.41 Å². The number of sulfonamides is 1. The smallest absolute Gasteiger partial charge is 0.263 e. The highest BCUT2D eigenvalue weighted by atomic mass is 32.2. The van der Waals surface area contributed by atoms with Gasteiger partial charge in [-0.15, -0.1) is 0 Å². The average Bonchev–Trinajstić information content (AvgIpc) is 1.86. The molecule has 4 nitrogen and oxygen atoms in total. The summed E-state index contributed by atoms with van der Waals surface area (Å²) in [7, 11) is -3.43. The molecule has 5 heteroatoms. The van der Waals surface area contributed by atoms with Crippen molar-refractivity contribution in [2.45, 2.75) is 25.5 Å². The Hall–Kier alpha value is -0.580. The molecular formula is C5H10NO3S. The molecule has 0 aliphatic rings. The van der Waals surface area contributed by atoms with Crippen LogP contribution in [-0.4, -0.2) is 20.1 Å². The van der Waals surface area contributed by atoms with Crippen molar-refractivity contribution in [3.05, 3.63) is 0 Å². The first kappa shape index (κ1) is 9.42. The Morgan fingerprint density at radius 2 is 2.10 bits per heavy atom. The van der Waals surface area contributed by atoms with Crippen LogP contribution in [0.15, 0.2) is 0 Å². The summed E-state index contributed by atoms with van der Waals surface area (Å²) in [6, 6.07) is 0. The molecule has 0 spiro atoms. The van der Waals surface area contributed by atoms with Gasteiger partial charge in [-0.25, -0.2) is 13.1 Å². The largest absolute Gasteiger partial charge is 0.323 e. The fraction of sp³-hybridized carbons (Fsp3) is 0.800. The number of hydrogen-bond donors (Lipinski definition) is 1. The summed E-state index contributed by atoms with van der Waals surface area (Å²) in [5, 5.41) is -0.533. The van der Waals surface area contributed by atoms with Crippen LogP contribution in [-0.2, 0) is 14.8 Å². The molecule has 1 radical (unpaired) electrons. The molecule has 0 aliphatic carbocycles. The second-order valence-corrected chi connectivity index (χ2v) is 4.07. The fourth-order valence-corrected chi connectivity index (χ4v) is 1.13. The van der Waals surface area contributed by atoms with Crippen LogP contribution < -0.4 is 4.72 Å². The minimum Gasteiger partial charge on any atom is -0.263 e. The zero-order valence-electron chi connectivity index (χ0n) is 5.92. The average molecular weight is 164 g/mol. The van der Waals surface area contributed by atoms with E-state index in [1.165, 1.54) is 6.92 Å². The van der Waals surface area contributed by atoms with Gasteiger partial charge < -0.3 is 0 Å². The van der Waals surface area contributed by atoms with E-state index in [-0.39, 0.29) is 0 Å². The molecule has 0 heterocycles. The second kappa shape index (κ2) is 3.55. The van der Waals surface area contributed by atoms with Crippen molar-refractivity contribution in [3.63, 3.8) is 0 Å². The van der Waals surface area contributed by atoms with Crippen LogP contribution in [0.1, 0.15) is 20.3 Å². The molecule has 1 amide bonds. The van der Waals surface area contributed by atoms with Crippen LogP contribution in [0.4, 0.5) is 0 Å². The van der Waals surface area contributed by atoms with Gasteiger partial charge in [0, 0.05) is 0 Å². The Labute approximate surface area is 60.7 Å². The molecule has 0 aliphatic heterocycles. The molecule has 59 valence electrons. The van der Waals surface area contributed by atoms with Crippen LogP contribution in [0.3, 0.4) is 0 Å². The molecule has 1 N–H and O–H groups in total. The third kappa shape index (κ3) is 2.34. The van der Waals surface area contributed by atoms with E-state index < -0.39 is 15.3 Å². The Kier molecular flexibility index (Phi) is 3.35. The molecule has 1 atom stereocenters. The molecule has 0 saturated carbocycles. The number of carbonyl (C=O) groups excluding carboxylic acids is 1. The summed E-state index contributed by atoms with van der Waals surface area (Å²) in [6.07, 6.45) is 1.62. The molecule has 1 unspecified atom stereocenters. The molecular weight excluding hydrogens is 154 g/mol. The minimum absolute atomic E-state index is 0.483. The predicted octanol–water partition coefficient (Wildman–Crippen LogP) is -0.229. The first-order valence-corrected chi connectivity index (χ1v) is 4.47. The van der Waals surface area contributed by atoms with Crippen molar-refractivity contribution < 1.29 is 13.2 Å². The Balaban J connectivity index is 4.25. The van der Waals surface area contributed by atoms with Crippen LogP contribution in [0.2, 0.25) is 0 Å². The summed E-state index contributed by atoms with van der Waals surface area (Å²) in [6.45, 7) is 3.26. The molecule has 0 bridgehead atoms. The van der Waals surface area contributed by atoms with Crippen LogP contribution in [0, 0.1) is 0 Å². The maximum Gasteiger partial charge on any atom is 0.323 e. The van der Waals surface area contributed by atoms with Gasteiger partial charge in [0.05, 0.1) is 5.25 Å². The minimum atomic E-state index is -3.43. The predicted molar refractivity (Wildman–Crippen MR) is 37.5 cm³/mol. The first-order valence-electron chi connectivity index (χ1n) is 2.92. The highest BCUT2D eigenvalue weighted by molar-refractivity contribution is 7.90. The Morgan fingerprint density at radius 3 is 2.40 bits per heavy atom. The highest BCUT2D eigenvalue weighted by Crippen LogP contribution is 2.00. The Bertz CT molecular complexity index is 197. The SMILES string of the molecule is CCC(C)S(=O)(=O)N[C]=O. The van der Waals surface area contributed by atoms with E-state index in [4.69, 9.17) is 0 Å². The lowest BCUT2D eigenvalue weighted by Crippen LogP contribution is -2.30. The summed E-state index contributed by atoms with van der Waals surface area (Å²) < 4.78 is 23.2. The number of amides is 1. The lowest BCUT2D eigenvalue weighted by atomic mass is 10.4. The monoisotopic (exact) mass is 164 g/mol. The molecule has 10 heavy (non-hydrogen) atoms. The first-order chi connectivity index (χ1) is 4.54. The van der Waals surface area contributed by atoms with Crippen LogP contribution in [0.25, 0.3) is 0 Å². The number of hydrogen-bond acceptors (Lipinski definition) is 3. The molecule has 0 aromatic rings. The third-order valence-corrected chi connectivity index (χ3v) is 3.05. The van der Waals surface area contributed by atoms with E-state index in [1.54, 1.807) is 11.6 Å². The topological polar surface area (TPSA) is 63.2 Å². The molecule has 0 aromatic carbocycles. The lowest BCUT2D eigenvalue weighted by molar-refractivity contribution is 0.543. The van der Waals surface area contributed by atoms with E-state index in [0.29, 0.717) is 6.42 Å². The van der Waals surface area contributed by atoms with Crippen molar-refractivity contribution in [3.8, 4) is 0 Å². The second-order valence-electron chi connectivity index (χ2n) is 1.97. The van der Waals surface area contributed by atoms with Gasteiger partial charge in [0.25, 0.3) is 0 Å². The summed E-state index contributed by atoms with van der Waals surface area (Å²) in [5.74, 6) is 0. The number of nitrogens with one attached hydrogen (secondary N) is 1. The van der Waals surface area contributed by atoms with Crippen LogP contribution >= 0.6 is 0 Å². The van der Waals surface area contributed by atoms with Gasteiger partial charge in [-0.2, -0.15) is 0 Å². The van der Waals surface area contributed by atoms with E-state index >= 15 is 0 Å². The van der Waals surface area contributed by atoms with Gasteiger partial charge in [0.2, 0.25) is 10.0 Å². The van der Waals surface area contributed by atoms with Crippen molar-refractivity contribution in [2.75, 3.05) is 0 Å². The van der Waals surface area contributed by atoms with Gasteiger partial charge in [0.15, 0.2) is 0 Å². The maximum absolute atomic E-state index is 10.8. The molecule has 0 fully saturated rings. The van der Waals surface area contributed by atoms with Crippen molar-refractivity contribution in [1.82, 2.24) is 4.72 Å². The highest BCUT2D eigenvalue weighted by Gasteiger charge is 2.17. The molecule has 0 aromatic heterocycles. The fourth-order valence-electron chi connectivity index (χ4n) is 0.378. The lowest BCUT2D eigenvalue weighted by Gasteiger charge is -2.06. The van der Waals surface area contributed by atoms with Gasteiger partial charge >= 0.3 is 6.41 Å². The van der Waals surface area contributed by atoms with Crippen LogP contribution in [0.5, 0.6) is 0 Å². The van der Waals surface area contributed by atoms with Gasteiger partial charge in [-0.05, 0) is 13.3 Å². The van der Waals surface area contributed by atoms with Crippen molar-refractivity contribution in [1.29, 1.82) is 0 Å². The van der Waals surface area contributed by atoms with Crippen molar-refractivity contribution >= 4 is 16.4 Å². The number of rotatable bonds is 4. The quantitative estimate of drug-likeness (QED) is 0.584. The zero-order chi connectivity index (χ0) is 8.20. The maximum atomic E-state index is 10.8.